The molecule has 14 rings (SSSR count). The SMILES string of the molecule is CC(=O)n1ccc2cc(Oc3cc(N4CCN(CC5=C(c6ccc(Cl)cc6)CC(C)(C)CC5)CC4)ccc3C(=O)N(CC3CCOCC3)c3ccc(S(=O)(=O)NC(=O)c4ccc(N5CCN(CC6=C(c7ccc(Cl)cc7)CC(C)(C)CC6)CC5)cc4Oc4cnc5[nH]ccc5c4)cc3[N+](=O)[O-])cnc21. The standard InChI is InChI=1S/C80H85Cl2N11O10S/c1-52(94)91-29-23-57-41-65(48-85-76(57)91)103-74-43-63(90-36-32-88(33-37-90)51-59-21-27-80(4,5)46-70(59)55-8-12-61(82)13-9-55)15-18-68(74)78(96)92(49-53-24-38-101-39-25-53)71-19-16-66(44-72(71)93(97)98)104(99,100)86-77(95)67-17-14-62(42-73(67)102-64-40-56-22-28-83-75(56)84-47-64)89-34-30-87(31-35-89)50-58-20-26-79(2,3)45-69(58)54-6-10-60(81)11-7-54/h6-19,22-23,28-29,40-44,47-48,53H,20-21,24-27,30-39,45-46,49-51H2,1-5H3,(H,83,84)(H,86,95). The van der Waals surface area contributed by atoms with Gasteiger partial charge in [-0.3, -0.25) is 38.9 Å². The summed E-state index contributed by atoms with van der Waals surface area (Å²) in [5.74, 6) is -1.34. The molecule has 3 saturated heterocycles. The number of carbonyl (C=O) groups is 3. The number of amides is 2. The Bertz CT molecular complexity index is 4950. The Labute approximate surface area is 615 Å². The van der Waals surface area contributed by atoms with Crippen molar-refractivity contribution in [3.8, 4) is 23.0 Å². The molecule has 3 aliphatic heterocycles. The Kier molecular flexibility index (Phi) is 20.6. The highest BCUT2D eigenvalue weighted by atomic mass is 35.5. The number of rotatable bonds is 20. The first-order chi connectivity index (χ1) is 49.9. The number of hydrogen-bond donors (Lipinski definition) is 2. The van der Waals surface area contributed by atoms with Crippen molar-refractivity contribution in [2.75, 3.05) is 99.9 Å². The molecule has 0 radical (unpaired) electrons. The third-order valence-corrected chi connectivity index (χ3v) is 23.0. The zero-order valence-electron chi connectivity index (χ0n) is 59.1. The van der Waals surface area contributed by atoms with Crippen LogP contribution in [0.1, 0.15) is 123 Å². The van der Waals surface area contributed by atoms with Crippen LogP contribution >= 0.6 is 23.2 Å². The van der Waals surface area contributed by atoms with Crippen LogP contribution in [0.2, 0.25) is 10.0 Å². The first-order valence-electron chi connectivity index (χ1n) is 35.6. The second kappa shape index (κ2) is 30.0. The minimum Gasteiger partial charge on any atom is -0.455 e. The second-order valence-electron chi connectivity index (χ2n) is 29.6. The van der Waals surface area contributed by atoms with Gasteiger partial charge < -0.3 is 33.9 Å². The molecule has 21 nitrogen and oxygen atoms in total. The molecular weight excluding hydrogens is 1380 g/mol. The smallest absolute Gasteiger partial charge is 0.294 e. The van der Waals surface area contributed by atoms with E-state index in [-0.39, 0.29) is 63.3 Å². The van der Waals surface area contributed by atoms with Crippen molar-refractivity contribution in [1.82, 2.24) is 34.0 Å². The molecule has 0 unspecified atom stereocenters. The maximum atomic E-state index is 15.8. The van der Waals surface area contributed by atoms with Crippen molar-refractivity contribution in [3.05, 3.63) is 206 Å². The number of ether oxygens (including phenoxy) is 3. The molecule has 0 saturated carbocycles. The van der Waals surface area contributed by atoms with Crippen LogP contribution in [0.15, 0.2) is 168 Å². The third-order valence-electron chi connectivity index (χ3n) is 21.1. The predicted molar refractivity (Wildman–Crippen MR) is 407 cm³/mol. The Morgan fingerprint density at radius 3 is 1.77 bits per heavy atom. The number of pyridine rings is 2. The number of nitrogens with zero attached hydrogens (tertiary/aromatic N) is 9. The number of benzene rings is 5. The van der Waals surface area contributed by atoms with Crippen LogP contribution in [-0.4, -0.2) is 146 Å². The highest BCUT2D eigenvalue weighted by molar-refractivity contribution is 7.90. The molecule has 0 atom stereocenters. The number of aromatic nitrogens is 4. The van der Waals surface area contributed by atoms with Crippen LogP contribution in [0.3, 0.4) is 0 Å². The number of nitrogens with one attached hydrogen (secondary N) is 2. The number of sulfonamides is 1. The largest absolute Gasteiger partial charge is 0.455 e. The van der Waals surface area contributed by atoms with Gasteiger partial charge in [0.2, 0.25) is 5.91 Å². The van der Waals surface area contributed by atoms with Gasteiger partial charge in [-0.25, -0.2) is 23.1 Å². The average molecular weight is 1460 g/mol. The number of nitro groups is 1. The number of allylic oxidation sites excluding steroid dienone is 2. The van der Waals surface area contributed by atoms with Crippen LogP contribution in [0.25, 0.3) is 33.2 Å². The molecule has 7 heterocycles. The van der Waals surface area contributed by atoms with Crippen molar-refractivity contribution in [1.29, 1.82) is 0 Å². The first kappa shape index (κ1) is 71.6. The van der Waals surface area contributed by atoms with Crippen LogP contribution in [0, 0.1) is 26.9 Å². The maximum absolute atomic E-state index is 15.8. The van der Waals surface area contributed by atoms with Crippen LogP contribution in [0.5, 0.6) is 23.0 Å². The Hall–Kier alpha value is -9.42. The van der Waals surface area contributed by atoms with E-state index in [4.69, 9.17) is 37.4 Å². The highest BCUT2D eigenvalue weighted by Crippen LogP contribution is 2.46. The Balaban J connectivity index is 0.736. The summed E-state index contributed by atoms with van der Waals surface area (Å²) in [7, 11) is -4.88. The van der Waals surface area contributed by atoms with Gasteiger partial charge >= 0.3 is 0 Å². The fourth-order valence-electron chi connectivity index (χ4n) is 15.2. The number of carbonyl (C=O) groups excluding carboxylic acids is 3. The number of nitro benzene ring substituents is 1. The molecule has 5 aromatic carbocycles. The molecule has 2 N–H and O–H groups in total. The number of H-pyrrole nitrogens is 1. The van der Waals surface area contributed by atoms with Gasteiger partial charge in [0, 0.05) is 155 Å². The summed E-state index contributed by atoms with van der Waals surface area (Å²) in [6.45, 7) is 19.0. The third kappa shape index (κ3) is 16.1. The van der Waals surface area contributed by atoms with E-state index in [0.29, 0.717) is 84.7 Å². The average Bonchev–Trinajstić information content (AvgIpc) is 1.53. The van der Waals surface area contributed by atoms with Gasteiger partial charge in [0.25, 0.3) is 27.5 Å². The zero-order chi connectivity index (χ0) is 72.6. The van der Waals surface area contributed by atoms with Gasteiger partial charge in [-0.15, -0.1) is 0 Å². The van der Waals surface area contributed by atoms with Crippen molar-refractivity contribution in [3.63, 3.8) is 0 Å². The monoisotopic (exact) mass is 1460 g/mol. The molecule has 0 spiro atoms. The number of halogens is 2. The molecule has 5 aliphatic rings. The van der Waals surface area contributed by atoms with E-state index in [1.165, 1.54) is 74.3 Å². The van der Waals surface area contributed by atoms with E-state index in [0.717, 1.165) is 107 Å². The molecule has 3 fully saturated rings. The van der Waals surface area contributed by atoms with Gasteiger partial charge in [0.15, 0.2) is 0 Å². The summed E-state index contributed by atoms with van der Waals surface area (Å²) >= 11 is 12.7. The number of hydrogen-bond acceptors (Lipinski definition) is 16. The lowest BCUT2D eigenvalue weighted by Crippen LogP contribution is -2.47. The molecular formula is C80H85Cl2N11O10S. The lowest BCUT2D eigenvalue weighted by Gasteiger charge is -2.39. The minimum atomic E-state index is -4.88. The zero-order valence-corrected chi connectivity index (χ0v) is 61.5. The number of piperazine rings is 2. The van der Waals surface area contributed by atoms with Crippen molar-refractivity contribution in [2.24, 2.45) is 16.7 Å². The van der Waals surface area contributed by atoms with Gasteiger partial charge in [-0.1, -0.05) is 86.3 Å². The van der Waals surface area contributed by atoms with Gasteiger partial charge in [0.05, 0.1) is 33.3 Å². The van der Waals surface area contributed by atoms with E-state index in [9.17, 15) is 28.1 Å². The highest BCUT2D eigenvalue weighted by Gasteiger charge is 2.36. The molecule has 4 aromatic heterocycles. The lowest BCUT2D eigenvalue weighted by atomic mass is 9.72. The first-order valence-corrected chi connectivity index (χ1v) is 37.9. The van der Waals surface area contributed by atoms with E-state index < -0.39 is 37.3 Å². The summed E-state index contributed by atoms with van der Waals surface area (Å²) in [6, 6.07) is 36.9. The van der Waals surface area contributed by atoms with E-state index in [1.54, 1.807) is 54.9 Å². The van der Waals surface area contributed by atoms with Crippen molar-refractivity contribution in [2.45, 2.75) is 90.9 Å². The quantitative estimate of drug-likeness (QED) is 0.0534. The van der Waals surface area contributed by atoms with Gasteiger partial charge in [-0.05, 0) is 175 Å². The lowest BCUT2D eigenvalue weighted by molar-refractivity contribution is -0.384. The topological polar surface area (TPSA) is 231 Å². The normalized spacial score (nSPS) is 17.7. The summed E-state index contributed by atoms with van der Waals surface area (Å²) in [6.07, 6.45) is 13.6. The fourth-order valence-corrected chi connectivity index (χ4v) is 16.4. The molecule has 2 amide bonds. The summed E-state index contributed by atoms with van der Waals surface area (Å²) in [5, 5.41) is 16.3. The molecule has 9 aromatic rings. The number of anilines is 3. The summed E-state index contributed by atoms with van der Waals surface area (Å²) < 4.78 is 51.9. The van der Waals surface area contributed by atoms with Gasteiger partial charge in [0.1, 0.15) is 40.0 Å². The Morgan fingerprint density at radius 1 is 0.673 bits per heavy atom. The maximum Gasteiger partial charge on any atom is 0.294 e. The van der Waals surface area contributed by atoms with Crippen molar-refractivity contribution >= 4 is 107 Å². The minimum absolute atomic E-state index is 0.00138. The van der Waals surface area contributed by atoms with E-state index in [2.05, 4.69) is 91.2 Å². The van der Waals surface area contributed by atoms with Crippen LogP contribution < -0.4 is 28.9 Å². The molecule has 0 bridgehead atoms. The number of fused-ring (bicyclic) bond motifs is 2. The van der Waals surface area contributed by atoms with E-state index >= 15 is 4.79 Å². The van der Waals surface area contributed by atoms with Gasteiger partial charge in [-0.2, -0.15) is 0 Å². The summed E-state index contributed by atoms with van der Waals surface area (Å²) in [4.78, 5) is 78.1. The van der Waals surface area contributed by atoms with Crippen molar-refractivity contribution < 1.29 is 41.9 Å². The molecule has 24 heteroatoms. The fraction of sp³-hybridized carbons (Fsp3) is 0.362. The molecule has 540 valence electrons. The number of aromatic amines is 1. The van der Waals surface area contributed by atoms with Crippen LogP contribution in [-0.2, 0) is 14.8 Å². The molecule has 2 aliphatic carbocycles. The second-order valence-corrected chi connectivity index (χ2v) is 32.2. The molecule has 104 heavy (non-hydrogen) atoms. The Morgan fingerprint density at radius 2 is 1.21 bits per heavy atom. The summed E-state index contributed by atoms with van der Waals surface area (Å²) in [5.41, 5.74) is 10.0. The van der Waals surface area contributed by atoms with E-state index in [1.807, 2.05) is 36.4 Å². The van der Waals surface area contributed by atoms with Crippen LogP contribution in [0.4, 0.5) is 22.7 Å². The predicted octanol–water partition coefficient (Wildman–Crippen LogP) is 16.1.